The molecule has 1 aliphatic rings. The van der Waals surface area contributed by atoms with Crippen LogP contribution in [-0.2, 0) is 14.3 Å². The smallest absolute Gasteiger partial charge is 0.306 e. The minimum atomic E-state index is -0.176. The average Bonchev–Trinajstić information content (AvgIpc) is 2.35. The molecule has 1 aliphatic heterocycles. The third kappa shape index (κ3) is 2.18. The van der Waals surface area contributed by atoms with E-state index in [9.17, 15) is 9.59 Å². The average molecular weight is 154 g/mol. The van der Waals surface area contributed by atoms with Gasteiger partial charge in [0, 0.05) is 6.42 Å². The third-order valence-electron chi connectivity index (χ3n) is 1.55. The Morgan fingerprint density at radius 1 is 1.73 bits per heavy atom. The number of ether oxygens (including phenoxy) is 1. The highest BCUT2D eigenvalue weighted by atomic mass is 16.5. The summed E-state index contributed by atoms with van der Waals surface area (Å²) in [6.45, 7) is 1.69. The Kier molecular flexibility index (Phi) is 2.41. The largest absolute Gasteiger partial charge is 0.458 e. The Labute approximate surface area is 65.0 Å². The van der Waals surface area contributed by atoms with Crippen molar-refractivity contribution in [1.29, 1.82) is 0 Å². The molecule has 1 heterocycles. The summed E-state index contributed by atoms with van der Waals surface area (Å²) in [5.74, 6) is -0.176. The summed E-state index contributed by atoms with van der Waals surface area (Å²) in [4.78, 5) is 20.7. The Bertz CT molecular complexity index is 205. The number of rotatable bonds is 2. The predicted octanol–water partition coefficient (Wildman–Crippen LogP) is 0.837. The van der Waals surface area contributed by atoms with Gasteiger partial charge in [-0.1, -0.05) is 0 Å². The molecular formula is C8H10O3. The lowest BCUT2D eigenvalue weighted by Crippen LogP contribution is -2.03. The number of hydrogen-bond acceptors (Lipinski definition) is 3. The monoisotopic (exact) mass is 154 g/mol. The van der Waals surface area contributed by atoms with E-state index < -0.39 is 0 Å². The summed E-state index contributed by atoms with van der Waals surface area (Å²) in [6, 6.07) is 0. The molecule has 0 bridgehead atoms. The Hall–Kier alpha value is -1.12. The molecule has 0 radical (unpaired) electrons. The highest BCUT2D eigenvalue weighted by Gasteiger charge is 2.20. The van der Waals surface area contributed by atoms with Gasteiger partial charge in [0.2, 0.25) is 0 Å². The van der Waals surface area contributed by atoms with Gasteiger partial charge in [-0.15, -0.1) is 0 Å². The number of carbonyl (C=O) groups excluding carboxylic acids is 2. The fourth-order valence-corrected chi connectivity index (χ4v) is 0.997. The van der Waals surface area contributed by atoms with Crippen molar-refractivity contribution in [1.82, 2.24) is 0 Å². The Balaban J connectivity index is 2.51. The lowest BCUT2D eigenvalue weighted by atomic mass is 10.2. The van der Waals surface area contributed by atoms with Crippen LogP contribution in [-0.4, -0.2) is 18.4 Å². The molecule has 0 aliphatic carbocycles. The van der Waals surface area contributed by atoms with Crippen LogP contribution < -0.4 is 0 Å². The van der Waals surface area contributed by atoms with Gasteiger partial charge in [-0.05, 0) is 25.0 Å². The maximum absolute atomic E-state index is 10.6. The Morgan fingerprint density at radius 2 is 2.45 bits per heavy atom. The molecule has 60 valence electrons. The number of cyclic esters (lactones) is 1. The van der Waals surface area contributed by atoms with Crippen LogP contribution in [0, 0.1) is 0 Å². The summed E-state index contributed by atoms with van der Waals surface area (Å²) >= 11 is 0. The van der Waals surface area contributed by atoms with Crippen molar-refractivity contribution in [3.05, 3.63) is 11.6 Å². The van der Waals surface area contributed by atoms with Gasteiger partial charge in [-0.3, -0.25) is 9.59 Å². The maximum atomic E-state index is 10.6. The molecule has 0 spiro atoms. The second-order valence-corrected chi connectivity index (χ2v) is 2.60. The fourth-order valence-electron chi connectivity index (χ4n) is 0.997. The van der Waals surface area contributed by atoms with E-state index in [1.54, 1.807) is 13.0 Å². The van der Waals surface area contributed by atoms with Crippen LogP contribution in [0.5, 0.6) is 0 Å². The van der Waals surface area contributed by atoms with Crippen LogP contribution in [0.15, 0.2) is 11.6 Å². The first-order valence-corrected chi connectivity index (χ1v) is 3.55. The third-order valence-corrected chi connectivity index (χ3v) is 1.55. The highest BCUT2D eigenvalue weighted by Crippen LogP contribution is 2.15. The van der Waals surface area contributed by atoms with Crippen molar-refractivity contribution in [3.63, 3.8) is 0 Å². The van der Waals surface area contributed by atoms with Gasteiger partial charge in [-0.25, -0.2) is 0 Å². The molecule has 11 heavy (non-hydrogen) atoms. The van der Waals surface area contributed by atoms with E-state index in [2.05, 4.69) is 0 Å². The molecule has 0 aromatic rings. The van der Waals surface area contributed by atoms with Crippen molar-refractivity contribution in [2.24, 2.45) is 0 Å². The first kappa shape index (κ1) is 7.98. The van der Waals surface area contributed by atoms with E-state index in [0.717, 1.165) is 6.29 Å². The van der Waals surface area contributed by atoms with Crippen LogP contribution in [0.3, 0.4) is 0 Å². The zero-order valence-corrected chi connectivity index (χ0v) is 6.37. The molecular weight excluding hydrogens is 144 g/mol. The second kappa shape index (κ2) is 3.32. The van der Waals surface area contributed by atoms with E-state index in [0.29, 0.717) is 18.4 Å². The van der Waals surface area contributed by atoms with Crippen LogP contribution in [0.2, 0.25) is 0 Å². The minimum absolute atomic E-state index is 0.173. The summed E-state index contributed by atoms with van der Waals surface area (Å²) in [7, 11) is 0. The van der Waals surface area contributed by atoms with E-state index in [-0.39, 0.29) is 12.1 Å². The molecule has 1 saturated heterocycles. The standard InChI is InChI=1S/C8H10O3/c1-6(5-9)4-7-2-3-8(10)11-7/h4-5,7H,2-3H2,1H3/b6-4+. The van der Waals surface area contributed by atoms with E-state index in [1.165, 1.54) is 0 Å². The lowest BCUT2D eigenvalue weighted by Gasteiger charge is -2.01. The topological polar surface area (TPSA) is 43.4 Å². The number of carbonyl (C=O) groups is 2. The lowest BCUT2D eigenvalue weighted by molar-refractivity contribution is -0.140. The van der Waals surface area contributed by atoms with Gasteiger partial charge in [0.1, 0.15) is 12.4 Å². The molecule has 0 amide bonds. The minimum Gasteiger partial charge on any atom is -0.458 e. The van der Waals surface area contributed by atoms with E-state index >= 15 is 0 Å². The first-order chi connectivity index (χ1) is 5.22. The molecule has 0 aromatic heterocycles. The van der Waals surface area contributed by atoms with Gasteiger partial charge < -0.3 is 4.74 Å². The van der Waals surface area contributed by atoms with Crippen molar-refractivity contribution in [3.8, 4) is 0 Å². The van der Waals surface area contributed by atoms with Gasteiger partial charge in [0.25, 0.3) is 0 Å². The number of esters is 1. The van der Waals surface area contributed by atoms with Crippen LogP contribution in [0.1, 0.15) is 19.8 Å². The molecule has 0 aromatic carbocycles. The quantitative estimate of drug-likeness (QED) is 0.336. The highest BCUT2D eigenvalue weighted by molar-refractivity contribution is 5.74. The van der Waals surface area contributed by atoms with Crippen LogP contribution in [0.25, 0.3) is 0 Å². The van der Waals surface area contributed by atoms with Crippen LogP contribution in [0.4, 0.5) is 0 Å². The number of aldehydes is 1. The first-order valence-electron chi connectivity index (χ1n) is 3.55. The van der Waals surface area contributed by atoms with Crippen molar-refractivity contribution < 1.29 is 14.3 Å². The van der Waals surface area contributed by atoms with Crippen molar-refractivity contribution in [2.75, 3.05) is 0 Å². The summed E-state index contributed by atoms with van der Waals surface area (Å²) < 4.78 is 4.86. The molecule has 3 nitrogen and oxygen atoms in total. The molecule has 1 rings (SSSR count). The van der Waals surface area contributed by atoms with E-state index in [1.807, 2.05) is 0 Å². The number of hydrogen-bond donors (Lipinski definition) is 0. The zero-order valence-electron chi connectivity index (χ0n) is 6.37. The van der Waals surface area contributed by atoms with Gasteiger partial charge in [0.15, 0.2) is 0 Å². The summed E-state index contributed by atoms with van der Waals surface area (Å²) in [5.41, 5.74) is 0.615. The predicted molar refractivity (Wildman–Crippen MR) is 38.9 cm³/mol. The SMILES string of the molecule is C/C(C=O)=C\C1CCC(=O)O1. The second-order valence-electron chi connectivity index (χ2n) is 2.60. The van der Waals surface area contributed by atoms with E-state index in [4.69, 9.17) is 4.74 Å². The number of allylic oxidation sites excluding steroid dienone is 1. The molecule has 0 N–H and O–H groups in total. The van der Waals surface area contributed by atoms with Gasteiger partial charge in [-0.2, -0.15) is 0 Å². The molecule has 3 heteroatoms. The summed E-state index contributed by atoms with van der Waals surface area (Å²) in [6.07, 6.45) is 3.43. The Morgan fingerprint density at radius 3 is 2.91 bits per heavy atom. The van der Waals surface area contributed by atoms with Crippen molar-refractivity contribution in [2.45, 2.75) is 25.9 Å². The zero-order chi connectivity index (χ0) is 8.27. The molecule has 1 fully saturated rings. The molecule has 0 saturated carbocycles. The normalized spacial score (nSPS) is 25.0. The van der Waals surface area contributed by atoms with Gasteiger partial charge >= 0.3 is 5.97 Å². The molecule has 1 atom stereocenters. The van der Waals surface area contributed by atoms with Gasteiger partial charge in [0.05, 0.1) is 0 Å². The fraction of sp³-hybridized carbons (Fsp3) is 0.500. The summed E-state index contributed by atoms with van der Waals surface area (Å²) in [5, 5.41) is 0. The van der Waals surface area contributed by atoms with Crippen molar-refractivity contribution >= 4 is 12.3 Å². The van der Waals surface area contributed by atoms with Crippen LogP contribution >= 0.6 is 0 Å². The molecule has 1 unspecified atom stereocenters. The maximum Gasteiger partial charge on any atom is 0.306 e.